The van der Waals surface area contributed by atoms with Crippen LogP contribution >= 0.6 is 0 Å². The predicted octanol–water partition coefficient (Wildman–Crippen LogP) is -0.499. The molecule has 0 spiro atoms. The molecule has 12 heavy (non-hydrogen) atoms. The van der Waals surface area contributed by atoms with Crippen LogP contribution in [0.4, 0.5) is 0 Å². The van der Waals surface area contributed by atoms with Crippen molar-refractivity contribution in [2.24, 2.45) is 10.9 Å². The maximum Gasteiger partial charge on any atom is 0.139 e. The highest BCUT2D eigenvalue weighted by atomic mass is 16.5. The van der Waals surface area contributed by atoms with Crippen molar-refractivity contribution < 1.29 is 9.94 Å². The summed E-state index contributed by atoms with van der Waals surface area (Å²) in [4.78, 5) is 0. The highest BCUT2D eigenvalue weighted by Gasteiger charge is 2.13. The summed E-state index contributed by atoms with van der Waals surface area (Å²) in [5.74, 6) is 0.268. The van der Waals surface area contributed by atoms with Crippen molar-refractivity contribution in [1.29, 1.82) is 0 Å². The first-order valence-corrected chi connectivity index (χ1v) is 4.11. The summed E-state index contributed by atoms with van der Waals surface area (Å²) in [6, 6.07) is 0. The third kappa shape index (κ3) is 3.06. The van der Waals surface area contributed by atoms with E-state index in [9.17, 15) is 0 Å². The summed E-state index contributed by atoms with van der Waals surface area (Å²) in [6.07, 6.45) is 1.60. The molecule has 0 aromatic carbocycles. The molecule has 70 valence electrons. The quantitative estimate of drug-likeness (QED) is 0.233. The maximum atomic E-state index is 8.27. The molecule has 1 saturated heterocycles. The van der Waals surface area contributed by atoms with E-state index in [1.807, 2.05) is 0 Å². The third-order valence-electron chi connectivity index (χ3n) is 1.86. The first kappa shape index (κ1) is 9.28. The van der Waals surface area contributed by atoms with Crippen LogP contribution in [0.2, 0.25) is 0 Å². The highest BCUT2D eigenvalue weighted by Crippen LogP contribution is 2.03. The average molecular weight is 173 g/mol. The summed E-state index contributed by atoms with van der Waals surface area (Å²) in [5.41, 5.74) is 5.31. The molecular weight excluding hydrogens is 158 g/mol. The van der Waals surface area contributed by atoms with Gasteiger partial charge >= 0.3 is 0 Å². The van der Waals surface area contributed by atoms with E-state index in [2.05, 4.69) is 10.5 Å². The lowest BCUT2D eigenvalue weighted by Crippen LogP contribution is -2.38. The molecule has 1 unspecified atom stereocenters. The van der Waals surface area contributed by atoms with Gasteiger partial charge in [0, 0.05) is 19.5 Å². The van der Waals surface area contributed by atoms with Crippen molar-refractivity contribution in [2.45, 2.75) is 18.9 Å². The Morgan fingerprint density at radius 2 is 2.58 bits per heavy atom. The smallest absolute Gasteiger partial charge is 0.139 e. The largest absolute Gasteiger partial charge is 0.409 e. The first-order chi connectivity index (χ1) is 5.83. The third-order valence-corrected chi connectivity index (χ3v) is 1.86. The van der Waals surface area contributed by atoms with Crippen LogP contribution in [0.1, 0.15) is 12.8 Å². The second-order valence-corrected chi connectivity index (χ2v) is 2.83. The van der Waals surface area contributed by atoms with Gasteiger partial charge in [0.25, 0.3) is 0 Å². The molecule has 0 radical (unpaired) electrons. The monoisotopic (exact) mass is 173 g/mol. The lowest BCUT2D eigenvalue weighted by molar-refractivity contribution is 0.0248. The van der Waals surface area contributed by atoms with Gasteiger partial charge in [-0.1, -0.05) is 5.16 Å². The predicted molar refractivity (Wildman–Crippen MR) is 45.3 cm³/mol. The number of nitrogens with two attached hydrogens (primary N) is 1. The van der Waals surface area contributed by atoms with Crippen LogP contribution in [0.5, 0.6) is 0 Å². The summed E-state index contributed by atoms with van der Waals surface area (Å²) in [7, 11) is 0. The van der Waals surface area contributed by atoms with E-state index in [1.165, 1.54) is 0 Å². The van der Waals surface area contributed by atoms with Gasteiger partial charge in [-0.2, -0.15) is 0 Å². The summed E-state index contributed by atoms with van der Waals surface area (Å²) < 4.78 is 5.42. The number of nitrogens with one attached hydrogen (secondary N) is 1. The summed E-state index contributed by atoms with van der Waals surface area (Å²) in [5, 5.41) is 14.4. The topological polar surface area (TPSA) is 79.9 Å². The highest BCUT2D eigenvalue weighted by molar-refractivity contribution is 5.79. The molecule has 1 atom stereocenters. The lowest BCUT2D eigenvalue weighted by atomic mass is 10.1. The number of ether oxygens (including phenoxy) is 1. The van der Waals surface area contributed by atoms with Crippen LogP contribution in [-0.4, -0.2) is 36.8 Å². The number of hydrogen-bond donors (Lipinski definition) is 3. The molecule has 4 N–H and O–H groups in total. The molecule has 0 aromatic heterocycles. The Morgan fingerprint density at radius 3 is 3.17 bits per heavy atom. The van der Waals surface area contributed by atoms with Crippen molar-refractivity contribution in [1.82, 2.24) is 5.32 Å². The number of morpholine rings is 1. The number of hydrogen-bond acceptors (Lipinski definition) is 4. The van der Waals surface area contributed by atoms with Crippen LogP contribution in [0, 0.1) is 0 Å². The Balaban J connectivity index is 2.13. The number of rotatable bonds is 3. The maximum absolute atomic E-state index is 8.27. The molecule has 0 bridgehead atoms. The van der Waals surface area contributed by atoms with Crippen molar-refractivity contribution in [3.05, 3.63) is 0 Å². The molecule has 1 aliphatic heterocycles. The second kappa shape index (κ2) is 4.95. The zero-order valence-corrected chi connectivity index (χ0v) is 6.99. The van der Waals surface area contributed by atoms with E-state index < -0.39 is 0 Å². The Bertz CT molecular complexity index is 155. The van der Waals surface area contributed by atoms with Gasteiger partial charge in [0.05, 0.1) is 12.7 Å². The van der Waals surface area contributed by atoms with E-state index in [4.69, 9.17) is 15.7 Å². The fourth-order valence-corrected chi connectivity index (χ4v) is 1.16. The minimum atomic E-state index is 0.207. The molecular formula is C7H15N3O2. The molecule has 1 aliphatic rings. The van der Waals surface area contributed by atoms with Crippen LogP contribution in [0.25, 0.3) is 0 Å². The molecule has 1 fully saturated rings. The average Bonchev–Trinajstić information content (AvgIpc) is 2.16. The van der Waals surface area contributed by atoms with Gasteiger partial charge in [-0.25, -0.2) is 0 Å². The van der Waals surface area contributed by atoms with Gasteiger partial charge in [-0.15, -0.1) is 0 Å². The lowest BCUT2D eigenvalue weighted by Gasteiger charge is -2.23. The number of amidine groups is 1. The van der Waals surface area contributed by atoms with Gasteiger partial charge in [-0.05, 0) is 6.42 Å². The summed E-state index contributed by atoms with van der Waals surface area (Å²) >= 11 is 0. The zero-order valence-electron chi connectivity index (χ0n) is 6.99. The van der Waals surface area contributed by atoms with Gasteiger partial charge in [0.15, 0.2) is 0 Å². The van der Waals surface area contributed by atoms with Crippen molar-refractivity contribution in [2.75, 3.05) is 19.7 Å². The van der Waals surface area contributed by atoms with E-state index >= 15 is 0 Å². The first-order valence-electron chi connectivity index (χ1n) is 4.11. The molecule has 0 aliphatic carbocycles. The number of oxime groups is 1. The molecule has 5 nitrogen and oxygen atoms in total. The molecule has 0 aromatic rings. The zero-order chi connectivity index (χ0) is 8.81. The Kier molecular flexibility index (Phi) is 3.83. The normalized spacial score (nSPS) is 25.7. The van der Waals surface area contributed by atoms with Crippen LogP contribution in [-0.2, 0) is 4.74 Å². The van der Waals surface area contributed by atoms with Crippen molar-refractivity contribution in [3.63, 3.8) is 0 Å². The SMILES string of the molecule is NC(CCC1CNCCO1)=NO. The molecule has 0 saturated carbocycles. The van der Waals surface area contributed by atoms with Gasteiger partial charge in [0.1, 0.15) is 5.84 Å². The minimum Gasteiger partial charge on any atom is -0.409 e. The van der Waals surface area contributed by atoms with Crippen LogP contribution in [0.15, 0.2) is 5.16 Å². The van der Waals surface area contributed by atoms with Crippen LogP contribution < -0.4 is 11.1 Å². The van der Waals surface area contributed by atoms with Gasteiger partial charge < -0.3 is 21.0 Å². The standard InChI is InChI=1S/C7H15N3O2/c8-7(10-11)2-1-6-5-9-3-4-12-6/h6,9,11H,1-5H2,(H2,8,10). The van der Waals surface area contributed by atoms with E-state index in [0.29, 0.717) is 6.42 Å². The molecule has 1 rings (SSSR count). The van der Waals surface area contributed by atoms with Gasteiger partial charge in [-0.3, -0.25) is 0 Å². The minimum absolute atomic E-state index is 0.207. The fourth-order valence-electron chi connectivity index (χ4n) is 1.16. The van der Waals surface area contributed by atoms with Gasteiger partial charge in [0.2, 0.25) is 0 Å². The summed E-state index contributed by atoms with van der Waals surface area (Å²) in [6.45, 7) is 2.53. The Labute approximate surface area is 71.6 Å². The molecule has 0 amide bonds. The van der Waals surface area contributed by atoms with E-state index in [-0.39, 0.29) is 11.9 Å². The fraction of sp³-hybridized carbons (Fsp3) is 0.857. The molecule has 5 heteroatoms. The van der Waals surface area contributed by atoms with E-state index in [1.54, 1.807) is 0 Å². The molecule has 1 heterocycles. The van der Waals surface area contributed by atoms with Crippen molar-refractivity contribution in [3.8, 4) is 0 Å². The number of nitrogens with zero attached hydrogens (tertiary/aromatic N) is 1. The second-order valence-electron chi connectivity index (χ2n) is 2.83. The van der Waals surface area contributed by atoms with E-state index in [0.717, 1.165) is 26.1 Å². The van der Waals surface area contributed by atoms with Crippen LogP contribution in [0.3, 0.4) is 0 Å². The Hall–Kier alpha value is -0.810. The van der Waals surface area contributed by atoms with Crippen molar-refractivity contribution >= 4 is 5.84 Å². The Morgan fingerprint density at radius 1 is 1.75 bits per heavy atom.